The minimum Gasteiger partial charge on any atom is -0.321 e. The third-order valence-electron chi connectivity index (χ3n) is 2.72. The van der Waals surface area contributed by atoms with E-state index in [9.17, 15) is 0 Å². The maximum absolute atomic E-state index is 6.33. The van der Waals surface area contributed by atoms with Gasteiger partial charge in [-0.3, -0.25) is 0 Å². The van der Waals surface area contributed by atoms with Crippen molar-refractivity contribution in [2.45, 2.75) is 12.0 Å². The third-order valence-corrected chi connectivity index (χ3v) is 2.72. The fourth-order valence-corrected chi connectivity index (χ4v) is 1.82. The van der Waals surface area contributed by atoms with Crippen LogP contribution >= 0.6 is 0 Å². The van der Waals surface area contributed by atoms with E-state index in [1.54, 1.807) is 0 Å². The molecular formula is C13H15N. The van der Waals surface area contributed by atoms with Gasteiger partial charge in [-0.15, -0.1) is 0 Å². The predicted molar refractivity (Wildman–Crippen MR) is 60.7 cm³/mol. The smallest absolute Gasteiger partial charge is 0.0476 e. The summed E-state index contributed by atoms with van der Waals surface area (Å²) in [7, 11) is 0. The number of hydrogen-bond donors (Lipinski definition) is 1. The fourth-order valence-electron chi connectivity index (χ4n) is 1.82. The van der Waals surface area contributed by atoms with Crippen molar-refractivity contribution >= 4 is 0 Å². The number of rotatable bonds is 1. The summed E-state index contributed by atoms with van der Waals surface area (Å²) in [6, 6.07) is 0. The zero-order valence-corrected chi connectivity index (χ0v) is 8.14. The van der Waals surface area contributed by atoms with E-state index in [2.05, 4.69) is 36.5 Å². The molecule has 1 heteroatoms. The Bertz CT molecular complexity index is 328. The highest BCUT2D eigenvalue weighted by atomic mass is 14.7. The summed E-state index contributed by atoms with van der Waals surface area (Å²) in [5, 5.41) is 0. The summed E-state index contributed by atoms with van der Waals surface area (Å²) in [5.74, 6) is 0.290. The monoisotopic (exact) mass is 185 g/mol. The van der Waals surface area contributed by atoms with E-state index < -0.39 is 0 Å². The highest BCUT2D eigenvalue weighted by molar-refractivity contribution is 5.30. The van der Waals surface area contributed by atoms with Crippen LogP contribution in [0, 0.1) is 5.92 Å². The van der Waals surface area contributed by atoms with E-state index in [-0.39, 0.29) is 5.54 Å². The zero-order chi connectivity index (χ0) is 9.86. The lowest BCUT2D eigenvalue weighted by Crippen LogP contribution is -2.44. The first-order valence-electron chi connectivity index (χ1n) is 4.96. The van der Waals surface area contributed by atoms with Crippen molar-refractivity contribution < 1.29 is 0 Å². The van der Waals surface area contributed by atoms with E-state index in [1.165, 1.54) is 0 Å². The van der Waals surface area contributed by atoms with Crippen molar-refractivity contribution in [2.75, 3.05) is 0 Å². The molecule has 1 unspecified atom stereocenters. The third kappa shape index (κ3) is 1.78. The number of nitrogens with two attached hydrogens (primary N) is 1. The largest absolute Gasteiger partial charge is 0.321 e. The molecular weight excluding hydrogens is 170 g/mol. The molecule has 72 valence electrons. The predicted octanol–water partition coefficient (Wildman–Crippen LogP) is 2.50. The Balaban J connectivity index is 2.22. The molecule has 0 aromatic carbocycles. The van der Waals surface area contributed by atoms with Gasteiger partial charge >= 0.3 is 0 Å². The van der Waals surface area contributed by atoms with Crippen molar-refractivity contribution in [2.24, 2.45) is 11.7 Å². The second-order valence-electron chi connectivity index (χ2n) is 3.78. The van der Waals surface area contributed by atoms with Crippen LogP contribution in [0.5, 0.6) is 0 Å². The lowest BCUT2D eigenvalue weighted by Gasteiger charge is -2.31. The molecule has 0 heterocycles. The summed E-state index contributed by atoms with van der Waals surface area (Å²) < 4.78 is 0. The van der Waals surface area contributed by atoms with E-state index in [4.69, 9.17) is 5.73 Å². The second kappa shape index (κ2) is 3.81. The Morgan fingerprint density at radius 2 is 1.64 bits per heavy atom. The van der Waals surface area contributed by atoms with Crippen LogP contribution < -0.4 is 5.73 Å². The number of hydrogen-bond acceptors (Lipinski definition) is 1. The van der Waals surface area contributed by atoms with Gasteiger partial charge < -0.3 is 5.73 Å². The summed E-state index contributed by atoms with van der Waals surface area (Å²) in [5.41, 5.74) is 6.09. The molecule has 14 heavy (non-hydrogen) atoms. The first kappa shape index (κ1) is 9.22. The van der Waals surface area contributed by atoms with Crippen LogP contribution in [-0.4, -0.2) is 5.54 Å². The molecule has 2 aliphatic carbocycles. The quantitative estimate of drug-likeness (QED) is 0.667. The van der Waals surface area contributed by atoms with Gasteiger partial charge in [-0.2, -0.15) is 0 Å². The Hall–Kier alpha value is -1.34. The molecule has 0 radical (unpaired) electrons. The maximum atomic E-state index is 6.33. The molecule has 2 rings (SSSR count). The van der Waals surface area contributed by atoms with Gasteiger partial charge in [-0.05, 0) is 6.42 Å². The first-order chi connectivity index (χ1) is 6.81. The van der Waals surface area contributed by atoms with E-state index in [0.29, 0.717) is 5.92 Å². The molecule has 0 aliphatic heterocycles. The molecule has 0 saturated heterocycles. The van der Waals surface area contributed by atoms with Crippen LogP contribution in [-0.2, 0) is 0 Å². The van der Waals surface area contributed by atoms with E-state index >= 15 is 0 Å². The van der Waals surface area contributed by atoms with Crippen molar-refractivity contribution in [3.05, 3.63) is 60.8 Å². The Morgan fingerprint density at radius 1 is 0.929 bits per heavy atom. The van der Waals surface area contributed by atoms with Crippen LogP contribution in [0.2, 0.25) is 0 Å². The Labute approximate surface area is 85.0 Å². The van der Waals surface area contributed by atoms with E-state index in [1.807, 2.05) is 24.3 Å². The molecule has 0 bridgehead atoms. The molecule has 0 saturated carbocycles. The highest BCUT2D eigenvalue weighted by Gasteiger charge is 2.28. The van der Waals surface area contributed by atoms with Crippen molar-refractivity contribution in [3.8, 4) is 0 Å². The second-order valence-corrected chi connectivity index (χ2v) is 3.78. The van der Waals surface area contributed by atoms with Crippen molar-refractivity contribution in [1.29, 1.82) is 0 Å². The summed E-state index contributed by atoms with van der Waals surface area (Å²) in [6.45, 7) is 0. The molecule has 1 atom stereocenters. The van der Waals surface area contributed by atoms with Crippen LogP contribution in [0.3, 0.4) is 0 Å². The van der Waals surface area contributed by atoms with Crippen LogP contribution in [0.25, 0.3) is 0 Å². The SMILES string of the molecule is NC1(C2C=CC=CC=C2)C=CC=CC1. The fraction of sp³-hybridized carbons (Fsp3) is 0.231. The Morgan fingerprint density at radius 3 is 2.21 bits per heavy atom. The molecule has 0 fully saturated rings. The minimum absolute atomic E-state index is 0.242. The van der Waals surface area contributed by atoms with Gasteiger partial charge in [-0.1, -0.05) is 60.8 Å². The van der Waals surface area contributed by atoms with Crippen LogP contribution in [0.1, 0.15) is 6.42 Å². The summed E-state index contributed by atoms with van der Waals surface area (Å²) >= 11 is 0. The topological polar surface area (TPSA) is 26.0 Å². The standard InChI is InChI=1S/C13H15N/c14-13(10-6-3-7-11-13)12-8-4-1-2-5-9-12/h1-10,12H,11,14H2. The number of allylic oxidation sites excluding steroid dienone is 6. The van der Waals surface area contributed by atoms with E-state index in [0.717, 1.165) is 6.42 Å². The van der Waals surface area contributed by atoms with Crippen molar-refractivity contribution in [1.82, 2.24) is 0 Å². The van der Waals surface area contributed by atoms with Gasteiger partial charge in [0, 0.05) is 11.5 Å². The molecule has 0 aromatic rings. The van der Waals surface area contributed by atoms with Crippen molar-refractivity contribution in [3.63, 3.8) is 0 Å². The molecule has 0 amide bonds. The average molecular weight is 185 g/mol. The summed E-state index contributed by atoms with van der Waals surface area (Å²) in [4.78, 5) is 0. The molecule has 0 aromatic heterocycles. The maximum Gasteiger partial charge on any atom is 0.0476 e. The normalized spacial score (nSPS) is 30.9. The molecule has 2 N–H and O–H groups in total. The lowest BCUT2D eigenvalue weighted by molar-refractivity contribution is 0.456. The average Bonchev–Trinajstić information content (AvgIpc) is 2.47. The van der Waals surface area contributed by atoms with Crippen LogP contribution in [0.15, 0.2) is 60.8 Å². The van der Waals surface area contributed by atoms with Gasteiger partial charge in [0.2, 0.25) is 0 Å². The Kier molecular flexibility index (Phi) is 2.51. The highest BCUT2D eigenvalue weighted by Crippen LogP contribution is 2.27. The molecule has 1 nitrogen and oxygen atoms in total. The van der Waals surface area contributed by atoms with Gasteiger partial charge in [0.05, 0.1) is 0 Å². The first-order valence-corrected chi connectivity index (χ1v) is 4.96. The zero-order valence-electron chi connectivity index (χ0n) is 8.14. The van der Waals surface area contributed by atoms with Gasteiger partial charge in [-0.25, -0.2) is 0 Å². The molecule has 0 spiro atoms. The molecule has 2 aliphatic rings. The van der Waals surface area contributed by atoms with Gasteiger partial charge in [0.25, 0.3) is 0 Å². The van der Waals surface area contributed by atoms with Crippen LogP contribution in [0.4, 0.5) is 0 Å². The van der Waals surface area contributed by atoms with Gasteiger partial charge in [0.1, 0.15) is 0 Å². The van der Waals surface area contributed by atoms with Gasteiger partial charge in [0.15, 0.2) is 0 Å². The lowest BCUT2D eigenvalue weighted by atomic mass is 9.79. The minimum atomic E-state index is -0.242. The summed E-state index contributed by atoms with van der Waals surface area (Å²) in [6.07, 6.45) is 21.7.